The Morgan fingerprint density at radius 2 is 1.62 bits per heavy atom. The number of hydrogen-bond acceptors (Lipinski definition) is 9. The second-order valence-electron chi connectivity index (χ2n) is 10.8. The second kappa shape index (κ2) is 13.1. The minimum atomic E-state index is -4.99. The predicted molar refractivity (Wildman–Crippen MR) is 170 cm³/mol. The number of nitrogens with zero attached hydrogens (tertiary/aromatic N) is 2. The molecular weight excluding hydrogens is 622 g/mol. The van der Waals surface area contributed by atoms with Gasteiger partial charge in [-0.25, -0.2) is 0 Å². The fourth-order valence-electron chi connectivity index (χ4n) is 5.23. The molecule has 0 atom stereocenters. The minimum Gasteiger partial charge on any atom is -0.453 e. The Morgan fingerprint density at radius 3 is 2.22 bits per heavy atom. The average Bonchev–Trinajstić information content (AvgIpc) is 2.97. The molecular formula is C31H35N3O9S2. The zero-order valence-electron chi connectivity index (χ0n) is 25.5. The van der Waals surface area contributed by atoms with Crippen LogP contribution < -0.4 is 10.7 Å². The van der Waals surface area contributed by atoms with Gasteiger partial charge >= 0.3 is 0 Å². The zero-order valence-corrected chi connectivity index (χ0v) is 27.1. The standard InChI is InChI=1S/C31H35N3O9S2/c1-6-33-24-16-14-22-26(19-10-7-8-11-20(19)31(36)34(5)17-9-12-25(35)18(2)3)21-13-15-23(32-4)29(44(37,38)39)27(21)43-28(22)30(24)45(40,41)42/h7-8,10-11,13-16,18,33H,6,9,12,17H2,1-5H3,(H,37,38,39)(H,40,41,42). The van der Waals surface area contributed by atoms with Crippen LogP contribution in [0.15, 0.2) is 67.7 Å². The van der Waals surface area contributed by atoms with Crippen LogP contribution in [0.3, 0.4) is 0 Å². The number of hydrogen-bond donors (Lipinski definition) is 3. The summed E-state index contributed by atoms with van der Waals surface area (Å²) in [4.78, 5) is 30.0. The molecule has 2 aromatic rings. The van der Waals surface area contributed by atoms with Gasteiger partial charge in [-0.3, -0.25) is 23.7 Å². The number of carbonyl (C=O) groups is 2. The third kappa shape index (κ3) is 6.78. The van der Waals surface area contributed by atoms with E-state index in [1.165, 1.54) is 36.2 Å². The lowest BCUT2D eigenvalue weighted by Crippen LogP contribution is -2.28. The van der Waals surface area contributed by atoms with Gasteiger partial charge in [0.05, 0.1) is 11.0 Å². The summed E-state index contributed by atoms with van der Waals surface area (Å²) >= 11 is 0. The SMILES string of the molecule is CCNc1ccc2c(-c3ccccc3C(=O)N(C)CCCC(=O)C(C)C)c3ccc(=NC)c(S(=O)(=O)O)c-3oc2c1S(=O)(=O)O. The Bertz CT molecular complexity index is 2050. The molecule has 0 spiro atoms. The van der Waals surface area contributed by atoms with Crippen LogP contribution in [0.2, 0.25) is 0 Å². The predicted octanol–water partition coefficient (Wildman–Crippen LogP) is 4.74. The molecule has 1 amide bonds. The normalized spacial score (nSPS) is 12.7. The van der Waals surface area contributed by atoms with E-state index in [2.05, 4.69) is 10.3 Å². The van der Waals surface area contributed by atoms with E-state index in [0.29, 0.717) is 18.4 Å². The van der Waals surface area contributed by atoms with Crippen LogP contribution >= 0.6 is 0 Å². The van der Waals surface area contributed by atoms with Gasteiger partial charge < -0.3 is 14.6 Å². The molecule has 0 saturated carbocycles. The van der Waals surface area contributed by atoms with Crippen molar-refractivity contribution in [2.45, 2.75) is 43.4 Å². The molecule has 0 unspecified atom stereocenters. The summed E-state index contributed by atoms with van der Waals surface area (Å²) < 4.78 is 77.5. The summed E-state index contributed by atoms with van der Waals surface area (Å²) in [5.41, 5.74) is 0.444. The highest BCUT2D eigenvalue weighted by Crippen LogP contribution is 2.46. The Balaban J connectivity index is 2.10. The summed E-state index contributed by atoms with van der Waals surface area (Å²) in [6.45, 7) is 5.89. The molecule has 0 fully saturated rings. The summed E-state index contributed by atoms with van der Waals surface area (Å²) in [5, 5.41) is 2.84. The molecule has 0 radical (unpaired) electrons. The number of amides is 1. The number of anilines is 1. The molecule has 240 valence electrons. The van der Waals surface area contributed by atoms with E-state index < -0.39 is 47.3 Å². The molecule has 12 nitrogen and oxygen atoms in total. The molecule has 45 heavy (non-hydrogen) atoms. The van der Waals surface area contributed by atoms with Crippen LogP contribution in [0.5, 0.6) is 0 Å². The maximum Gasteiger partial charge on any atom is 0.300 e. The van der Waals surface area contributed by atoms with E-state index in [-0.39, 0.29) is 57.9 Å². The molecule has 0 aromatic heterocycles. The van der Waals surface area contributed by atoms with Crippen molar-refractivity contribution in [3.05, 3.63) is 59.5 Å². The van der Waals surface area contributed by atoms with Crippen LogP contribution in [0, 0.1) is 5.92 Å². The zero-order chi connectivity index (χ0) is 33.3. The summed E-state index contributed by atoms with van der Waals surface area (Å²) in [5.74, 6) is -0.865. The van der Waals surface area contributed by atoms with Crippen molar-refractivity contribution in [1.29, 1.82) is 0 Å². The average molecular weight is 658 g/mol. The number of Topliss-reactive ketones (excluding diaryl/α,β-unsaturated/α-hetero) is 1. The molecule has 4 rings (SSSR count). The van der Waals surface area contributed by atoms with Crippen molar-refractivity contribution in [3.8, 4) is 22.5 Å². The highest BCUT2D eigenvalue weighted by atomic mass is 32.2. The quantitative estimate of drug-likeness (QED) is 0.150. The Morgan fingerprint density at radius 1 is 0.956 bits per heavy atom. The molecule has 14 heteroatoms. The van der Waals surface area contributed by atoms with Gasteiger partial charge in [0.2, 0.25) is 0 Å². The van der Waals surface area contributed by atoms with E-state index in [1.807, 2.05) is 13.8 Å². The minimum absolute atomic E-state index is 0.00803. The van der Waals surface area contributed by atoms with Gasteiger partial charge in [0.25, 0.3) is 26.1 Å². The third-order valence-corrected chi connectivity index (χ3v) is 9.24. The lowest BCUT2D eigenvalue weighted by Gasteiger charge is -2.23. The number of carbonyl (C=O) groups excluding carboxylic acids is 2. The molecule has 0 bridgehead atoms. The Hall–Kier alpha value is -4.11. The first-order valence-corrected chi connectivity index (χ1v) is 17.1. The van der Waals surface area contributed by atoms with Gasteiger partial charge in [0, 0.05) is 61.6 Å². The van der Waals surface area contributed by atoms with E-state index in [0.717, 1.165) is 0 Å². The number of nitrogens with one attached hydrogen (secondary N) is 1. The first-order valence-electron chi connectivity index (χ1n) is 14.2. The topological polar surface area (TPSA) is 184 Å². The van der Waals surface area contributed by atoms with Crippen molar-refractivity contribution in [3.63, 3.8) is 0 Å². The van der Waals surface area contributed by atoms with Crippen molar-refractivity contribution >= 4 is 48.6 Å². The maximum absolute atomic E-state index is 13.8. The third-order valence-electron chi connectivity index (χ3n) is 7.40. The first kappa shape index (κ1) is 33.8. The number of benzene rings is 3. The van der Waals surface area contributed by atoms with Crippen LogP contribution in [0.1, 0.15) is 44.0 Å². The molecule has 1 heterocycles. The van der Waals surface area contributed by atoms with Crippen LogP contribution in [0.25, 0.3) is 33.4 Å². The molecule has 2 aliphatic rings. The van der Waals surface area contributed by atoms with Gasteiger partial charge in [0.1, 0.15) is 5.78 Å². The lowest BCUT2D eigenvalue weighted by atomic mass is 9.90. The van der Waals surface area contributed by atoms with E-state index >= 15 is 0 Å². The second-order valence-corrected chi connectivity index (χ2v) is 13.5. The van der Waals surface area contributed by atoms with E-state index in [9.17, 15) is 35.5 Å². The largest absolute Gasteiger partial charge is 0.453 e. The molecule has 1 aliphatic heterocycles. The summed E-state index contributed by atoms with van der Waals surface area (Å²) in [6.07, 6.45) is 0.756. The molecule has 0 saturated heterocycles. The van der Waals surface area contributed by atoms with Crippen molar-refractivity contribution in [2.75, 3.05) is 32.5 Å². The van der Waals surface area contributed by atoms with Crippen molar-refractivity contribution in [1.82, 2.24) is 4.90 Å². The summed E-state index contributed by atoms with van der Waals surface area (Å²) in [6, 6.07) is 12.3. The monoisotopic (exact) mass is 657 g/mol. The van der Waals surface area contributed by atoms with Crippen LogP contribution in [0.4, 0.5) is 5.69 Å². The summed E-state index contributed by atoms with van der Waals surface area (Å²) in [7, 11) is -7.06. The number of fused-ring (bicyclic) bond motifs is 2. The van der Waals surface area contributed by atoms with Gasteiger partial charge in [-0.05, 0) is 49.2 Å². The number of ketones is 1. The Labute approximate surface area is 261 Å². The van der Waals surface area contributed by atoms with Gasteiger partial charge in [-0.2, -0.15) is 16.8 Å². The fraction of sp³-hybridized carbons (Fsp3) is 0.323. The van der Waals surface area contributed by atoms with Crippen molar-refractivity contribution < 1.29 is 39.9 Å². The van der Waals surface area contributed by atoms with E-state index in [4.69, 9.17) is 4.42 Å². The van der Waals surface area contributed by atoms with Crippen molar-refractivity contribution in [2.24, 2.45) is 10.9 Å². The molecule has 2 aromatic carbocycles. The maximum atomic E-state index is 13.8. The smallest absolute Gasteiger partial charge is 0.300 e. The van der Waals surface area contributed by atoms with E-state index in [1.54, 1.807) is 38.2 Å². The fourth-order valence-corrected chi connectivity index (χ4v) is 6.85. The van der Waals surface area contributed by atoms with Crippen LogP contribution in [-0.2, 0) is 25.0 Å². The van der Waals surface area contributed by atoms with Gasteiger partial charge in [-0.15, -0.1) is 0 Å². The Kier molecular flexibility index (Phi) is 9.82. The first-order chi connectivity index (χ1) is 21.1. The van der Waals surface area contributed by atoms with Crippen LogP contribution in [-0.4, -0.2) is 69.7 Å². The molecule has 1 aliphatic carbocycles. The van der Waals surface area contributed by atoms with Gasteiger partial charge in [-0.1, -0.05) is 32.0 Å². The highest BCUT2D eigenvalue weighted by Gasteiger charge is 2.32. The number of rotatable bonds is 11. The highest BCUT2D eigenvalue weighted by molar-refractivity contribution is 7.86. The molecule has 3 N–H and O–H groups in total. The van der Waals surface area contributed by atoms with Gasteiger partial charge in [0.15, 0.2) is 21.1 Å². The lowest BCUT2D eigenvalue weighted by molar-refractivity contribution is -0.122.